The number of thiazole rings is 1. The summed E-state index contributed by atoms with van der Waals surface area (Å²) in [6.45, 7) is 3.84. The average molecular weight is 197 g/mol. The minimum atomic E-state index is 0.757. The lowest BCUT2D eigenvalue weighted by atomic mass is 10.4. The van der Waals surface area contributed by atoms with Crippen LogP contribution >= 0.6 is 23.6 Å². The highest BCUT2D eigenvalue weighted by atomic mass is 32.1. The molecule has 0 amide bonds. The maximum atomic E-state index is 5.01. The summed E-state index contributed by atoms with van der Waals surface area (Å²) in [5.74, 6) is 0.782. The monoisotopic (exact) mass is 197 g/mol. The van der Waals surface area contributed by atoms with Crippen molar-refractivity contribution in [2.45, 2.75) is 13.8 Å². The first-order valence-corrected chi connectivity index (χ1v) is 4.73. The smallest absolute Gasteiger partial charge is 0.160 e. The number of nitrogens with zero attached hydrogens (tertiary/aromatic N) is 2. The molecule has 0 aliphatic heterocycles. The van der Waals surface area contributed by atoms with Gasteiger partial charge in [0.2, 0.25) is 0 Å². The molecule has 0 bridgehead atoms. The Hall–Kier alpha value is -0.810. The van der Waals surface area contributed by atoms with Gasteiger partial charge in [-0.2, -0.15) is 0 Å². The summed E-state index contributed by atoms with van der Waals surface area (Å²) in [6.07, 6.45) is 0. The lowest BCUT2D eigenvalue weighted by molar-refractivity contribution is 1.04. The topological polar surface area (TPSA) is 41.6 Å². The fourth-order valence-corrected chi connectivity index (χ4v) is 2.19. The predicted molar refractivity (Wildman–Crippen MR) is 52.1 cm³/mol. The Morgan fingerprint density at radius 2 is 2.08 bits per heavy atom. The number of nitrogens with one attached hydrogen (secondary N) is 1. The van der Waals surface area contributed by atoms with Gasteiger partial charge < -0.3 is 4.98 Å². The summed E-state index contributed by atoms with van der Waals surface area (Å²) in [6, 6.07) is 0. The normalized spacial score (nSPS) is 10.8. The zero-order valence-electron chi connectivity index (χ0n) is 6.71. The molecule has 2 aromatic heterocycles. The first-order chi connectivity index (χ1) is 5.66. The van der Waals surface area contributed by atoms with Crippen LogP contribution in [0.25, 0.3) is 10.3 Å². The van der Waals surface area contributed by atoms with Gasteiger partial charge >= 0.3 is 0 Å². The Morgan fingerprint density at radius 1 is 1.33 bits per heavy atom. The van der Waals surface area contributed by atoms with Gasteiger partial charge in [0.15, 0.2) is 9.60 Å². The molecule has 1 N–H and O–H groups in total. The maximum absolute atomic E-state index is 5.01. The molecule has 0 unspecified atom stereocenters. The van der Waals surface area contributed by atoms with Crippen molar-refractivity contribution in [3.8, 4) is 0 Å². The average Bonchev–Trinajstić information content (AvgIpc) is 2.29. The Balaban J connectivity index is 2.97. The number of hydrogen-bond acceptors (Lipinski definition) is 4. The van der Waals surface area contributed by atoms with E-state index in [1.807, 2.05) is 13.8 Å². The second kappa shape index (κ2) is 2.60. The minimum absolute atomic E-state index is 0.757. The molecule has 0 aliphatic carbocycles. The summed E-state index contributed by atoms with van der Waals surface area (Å²) in [7, 11) is 0. The number of aromatic amines is 1. The van der Waals surface area contributed by atoms with E-state index in [1.165, 1.54) is 11.3 Å². The number of aryl methyl sites for hydroxylation is 2. The SMILES string of the molecule is Cc1nc(C)c2sc(=S)[nH]c2n1. The van der Waals surface area contributed by atoms with Crippen LogP contribution in [0, 0.1) is 17.8 Å². The summed E-state index contributed by atoms with van der Waals surface area (Å²) < 4.78 is 1.82. The van der Waals surface area contributed by atoms with E-state index in [1.54, 1.807) is 0 Å². The van der Waals surface area contributed by atoms with Crippen molar-refractivity contribution in [1.29, 1.82) is 0 Å². The van der Waals surface area contributed by atoms with Crippen LogP contribution in [0.2, 0.25) is 0 Å². The number of aromatic nitrogens is 3. The summed E-state index contributed by atoms with van der Waals surface area (Å²) in [4.78, 5) is 11.5. The molecule has 0 spiro atoms. The molecular formula is C7H7N3S2. The van der Waals surface area contributed by atoms with Gasteiger partial charge in [-0.15, -0.1) is 11.3 Å². The van der Waals surface area contributed by atoms with Gasteiger partial charge in [0.05, 0.1) is 10.4 Å². The van der Waals surface area contributed by atoms with E-state index >= 15 is 0 Å². The number of rotatable bonds is 0. The largest absolute Gasteiger partial charge is 0.321 e. The van der Waals surface area contributed by atoms with Crippen LogP contribution in [0.1, 0.15) is 11.5 Å². The van der Waals surface area contributed by atoms with Crippen molar-refractivity contribution in [2.24, 2.45) is 0 Å². The molecular weight excluding hydrogens is 190 g/mol. The first-order valence-electron chi connectivity index (χ1n) is 3.51. The van der Waals surface area contributed by atoms with Crippen molar-refractivity contribution in [2.75, 3.05) is 0 Å². The Kier molecular flexibility index (Phi) is 1.69. The predicted octanol–water partition coefficient (Wildman–Crippen LogP) is 2.37. The molecule has 62 valence electrons. The molecule has 5 heteroatoms. The third-order valence-corrected chi connectivity index (χ3v) is 2.89. The number of H-pyrrole nitrogens is 1. The summed E-state index contributed by atoms with van der Waals surface area (Å²) >= 11 is 6.53. The molecule has 0 fully saturated rings. The van der Waals surface area contributed by atoms with Crippen LogP contribution in [-0.2, 0) is 0 Å². The molecule has 0 radical (unpaired) electrons. The van der Waals surface area contributed by atoms with Gasteiger partial charge in [0.25, 0.3) is 0 Å². The molecule has 2 aromatic rings. The lowest BCUT2D eigenvalue weighted by Crippen LogP contribution is -1.90. The minimum Gasteiger partial charge on any atom is -0.321 e. The fraction of sp³-hybridized carbons (Fsp3) is 0.286. The highest BCUT2D eigenvalue weighted by molar-refractivity contribution is 7.73. The van der Waals surface area contributed by atoms with Crippen LogP contribution in [0.4, 0.5) is 0 Å². The second-order valence-electron chi connectivity index (χ2n) is 2.55. The third kappa shape index (κ3) is 1.15. The fourth-order valence-electron chi connectivity index (χ4n) is 1.12. The third-order valence-electron chi connectivity index (χ3n) is 1.56. The van der Waals surface area contributed by atoms with E-state index < -0.39 is 0 Å². The van der Waals surface area contributed by atoms with E-state index in [2.05, 4.69) is 15.0 Å². The highest BCUT2D eigenvalue weighted by Gasteiger charge is 2.03. The van der Waals surface area contributed by atoms with Crippen molar-refractivity contribution >= 4 is 33.9 Å². The van der Waals surface area contributed by atoms with Gasteiger partial charge in [-0.3, -0.25) is 0 Å². The van der Waals surface area contributed by atoms with Gasteiger partial charge in [0.1, 0.15) is 5.82 Å². The van der Waals surface area contributed by atoms with Crippen LogP contribution in [0.15, 0.2) is 0 Å². The second-order valence-corrected chi connectivity index (χ2v) is 4.24. The van der Waals surface area contributed by atoms with Gasteiger partial charge in [-0.1, -0.05) is 0 Å². The molecule has 0 atom stereocenters. The van der Waals surface area contributed by atoms with Crippen LogP contribution in [-0.4, -0.2) is 15.0 Å². The molecule has 2 rings (SSSR count). The molecule has 0 saturated carbocycles. The van der Waals surface area contributed by atoms with Gasteiger partial charge in [0, 0.05) is 0 Å². The maximum Gasteiger partial charge on any atom is 0.160 e. The van der Waals surface area contributed by atoms with Crippen LogP contribution in [0.3, 0.4) is 0 Å². The van der Waals surface area contributed by atoms with Gasteiger partial charge in [-0.25, -0.2) is 9.97 Å². The highest BCUT2D eigenvalue weighted by Crippen LogP contribution is 2.19. The van der Waals surface area contributed by atoms with Crippen molar-refractivity contribution in [3.05, 3.63) is 15.5 Å². The molecule has 0 saturated heterocycles. The summed E-state index contributed by atoms with van der Waals surface area (Å²) in [5.41, 5.74) is 1.85. The Labute approximate surface area is 78.5 Å². The lowest BCUT2D eigenvalue weighted by Gasteiger charge is -1.94. The quantitative estimate of drug-likeness (QED) is 0.659. The van der Waals surface area contributed by atoms with E-state index in [4.69, 9.17) is 12.2 Å². The van der Waals surface area contributed by atoms with Crippen molar-refractivity contribution < 1.29 is 0 Å². The van der Waals surface area contributed by atoms with Crippen LogP contribution in [0.5, 0.6) is 0 Å². The number of hydrogen-bond donors (Lipinski definition) is 1. The molecule has 2 heterocycles. The molecule has 0 aromatic carbocycles. The zero-order valence-corrected chi connectivity index (χ0v) is 8.34. The molecule has 3 nitrogen and oxygen atoms in total. The first kappa shape index (κ1) is 7.82. The van der Waals surface area contributed by atoms with Gasteiger partial charge in [-0.05, 0) is 26.1 Å². The van der Waals surface area contributed by atoms with Crippen molar-refractivity contribution in [3.63, 3.8) is 0 Å². The Bertz CT molecular complexity index is 483. The van der Waals surface area contributed by atoms with E-state index in [-0.39, 0.29) is 0 Å². The Morgan fingerprint density at radius 3 is 2.83 bits per heavy atom. The molecule has 12 heavy (non-hydrogen) atoms. The molecule has 0 aliphatic rings. The zero-order chi connectivity index (χ0) is 8.72. The van der Waals surface area contributed by atoms with Crippen molar-refractivity contribution in [1.82, 2.24) is 15.0 Å². The number of fused-ring (bicyclic) bond motifs is 1. The van der Waals surface area contributed by atoms with E-state index in [0.29, 0.717) is 0 Å². The standard InChI is InChI=1S/C7H7N3S2/c1-3-5-6(9-4(2)8-3)10-7(11)12-5/h1-2H3,(H,8,9,10,11). The van der Waals surface area contributed by atoms with E-state index in [9.17, 15) is 0 Å². The van der Waals surface area contributed by atoms with E-state index in [0.717, 1.165) is 25.8 Å². The summed E-state index contributed by atoms with van der Waals surface area (Å²) in [5, 5.41) is 0. The van der Waals surface area contributed by atoms with Crippen LogP contribution < -0.4 is 0 Å².